The van der Waals surface area contributed by atoms with Crippen molar-refractivity contribution >= 4 is 17.7 Å². The molecule has 1 N–H and O–H groups in total. The zero-order valence-corrected chi connectivity index (χ0v) is 17.5. The summed E-state index contributed by atoms with van der Waals surface area (Å²) >= 11 is 1.09. The van der Waals surface area contributed by atoms with Crippen LogP contribution in [-0.2, 0) is 10.9 Å². The molecule has 2 unspecified atom stereocenters. The van der Waals surface area contributed by atoms with Gasteiger partial charge in [0.1, 0.15) is 5.75 Å². The topological polar surface area (TPSA) is 50.8 Å². The molecule has 1 aromatic carbocycles. The van der Waals surface area contributed by atoms with Crippen molar-refractivity contribution in [2.24, 2.45) is 5.92 Å². The van der Waals surface area contributed by atoms with Crippen molar-refractivity contribution in [2.75, 3.05) is 46.2 Å². The molecule has 2 fully saturated rings. The second-order valence-electron chi connectivity index (χ2n) is 7.40. The molecule has 0 aromatic heterocycles. The molecule has 0 radical (unpaired) electrons. The SMILES string of the molecule is COc1cc(C(F)(F)F)cc(SC)c1C(=O)NCC1COCCC1N1CCCC1. The van der Waals surface area contributed by atoms with E-state index in [9.17, 15) is 18.0 Å². The molecule has 9 heteroatoms. The Morgan fingerprint density at radius 2 is 2.07 bits per heavy atom. The highest BCUT2D eigenvalue weighted by atomic mass is 32.2. The third kappa shape index (κ3) is 5.19. The van der Waals surface area contributed by atoms with E-state index in [1.807, 2.05) is 0 Å². The Hall–Kier alpha value is -1.45. The first-order valence-electron chi connectivity index (χ1n) is 9.78. The van der Waals surface area contributed by atoms with E-state index in [1.165, 1.54) is 20.0 Å². The molecular weight excluding hydrogens is 405 g/mol. The summed E-state index contributed by atoms with van der Waals surface area (Å²) in [4.78, 5) is 15.6. The number of carbonyl (C=O) groups is 1. The number of hydrogen-bond donors (Lipinski definition) is 1. The van der Waals surface area contributed by atoms with Gasteiger partial charge >= 0.3 is 6.18 Å². The molecule has 2 heterocycles. The number of rotatable bonds is 6. The van der Waals surface area contributed by atoms with Gasteiger partial charge in [-0.1, -0.05) is 0 Å². The maximum absolute atomic E-state index is 13.2. The Bertz CT molecular complexity index is 698. The van der Waals surface area contributed by atoms with Gasteiger partial charge in [-0.3, -0.25) is 9.69 Å². The molecule has 2 atom stereocenters. The van der Waals surface area contributed by atoms with E-state index in [2.05, 4.69) is 10.2 Å². The maximum Gasteiger partial charge on any atom is 0.416 e. The molecule has 2 saturated heterocycles. The van der Waals surface area contributed by atoms with Crippen molar-refractivity contribution in [2.45, 2.75) is 36.4 Å². The first-order chi connectivity index (χ1) is 13.8. The molecule has 1 amide bonds. The smallest absolute Gasteiger partial charge is 0.416 e. The Morgan fingerprint density at radius 3 is 2.69 bits per heavy atom. The number of thioether (sulfide) groups is 1. The summed E-state index contributed by atoms with van der Waals surface area (Å²) in [5.74, 6) is -0.340. The number of alkyl halides is 3. The second kappa shape index (κ2) is 9.57. The predicted octanol–water partition coefficient (Wildman–Crippen LogP) is 3.67. The monoisotopic (exact) mass is 432 g/mol. The van der Waals surface area contributed by atoms with Crippen LogP contribution in [0, 0.1) is 5.92 Å². The Labute approximate surface area is 173 Å². The summed E-state index contributed by atoms with van der Waals surface area (Å²) < 4.78 is 50.2. The Morgan fingerprint density at radius 1 is 1.34 bits per heavy atom. The number of hydrogen-bond acceptors (Lipinski definition) is 5. The van der Waals surface area contributed by atoms with Gasteiger partial charge in [-0.25, -0.2) is 0 Å². The lowest BCUT2D eigenvalue weighted by Gasteiger charge is -2.37. The number of likely N-dealkylation sites (tertiary alicyclic amines) is 1. The largest absolute Gasteiger partial charge is 0.496 e. The van der Waals surface area contributed by atoms with Gasteiger partial charge in [-0.05, 0) is 50.7 Å². The van der Waals surface area contributed by atoms with E-state index in [-0.39, 0.29) is 22.1 Å². The molecule has 1 aromatic rings. The maximum atomic E-state index is 13.2. The number of halogens is 3. The number of benzene rings is 1. The number of amides is 1. The zero-order chi connectivity index (χ0) is 21.0. The van der Waals surface area contributed by atoms with Gasteiger partial charge in [0.05, 0.1) is 24.8 Å². The first-order valence-corrected chi connectivity index (χ1v) is 11.0. The number of ether oxygens (including phenoxy) is 2. The van der Waals surface area contributed by atoms with Gasteiger partial charge in [-0.2, -0.15) is 13.2 Å². The highest BCUT2D eigenvalue weighted by Gasteiger charge is 2.35. The van der Waals surface area contributed by atoms with E-state index in [0.717, 1.165) is 50.0 Å². The quantitative estimate of drug-likeness (QED) is 0.696. The lowest BCUT2D eigenvalue weighted by Crippen LogP contribution is -2.48. The van der Waals surface area contributed by atoms with Crippen LogP contribution in [0.4, 0.5) is 13.2 Å². The molecule has 0 aliphatic carbocycles. The summed E-state index contributed by atoms with van der Waals surface area (Å²) in [6.07, 6.45) is 0.450. The van der Waals surface area contributed by atoms with Crippen LogP contribution in [0.1, 0.15) is 35.2 Å². The number of nitrogens with one attached hydrogen (secondary N) is 1. The standard InChI is InChI=1S/C20H27F3N2O3S/c1-27-16-9-14(20(21,22)23)10-17(29-2)18(16)19(26)24-11-13-12-28-8-5-15(13)25-6-3-4-7-25/h9-10,13,15H,3-8,11-12H2,1-2H3,(H,24,26). The molecule has 29 heavy (non-hydrogen) atoms. The van der Waals surface area contributed by atoms with Crippen LogP contribution < -0.4 is 10.1 Å². The second-order valence-corrected chi connectivity index (χ2v) is 8.25. The van der Waals surface area contributed by atoms with Crippen molar-refractivity contribution in [1.29, 1.82) is 0 Å². The van der Waals surface area contributed by atoms with Gasteiger partial charge in [0.15, 0.2) is 0 Å². The number of nitrogens with zero attached hydrogens (tertiary/aromatic N) is 1. The van der Waals surface area contributed by atoms with Gasteiger partial charge in [0.25, 0.3) is 5.91 Å². The van der Waals surface area contributed by atoms with Crippen LogP contribution in [0.15, 0.2) is 17.0 Å². The average Bonchev–Trinajstić information content (AvgIpc) is 3.25. The average molecular weight is 433 g/mol. The molecule has 2 aliphatic rings. The van der Waals surface area contributed by atoms with E-state index < -0.39 is 17.6 Å². The fourth-order valence-corrected chi connectivity index (χ4v) is 4.79. The molecule has 0 spiro atoms. The molecule has 0 bridgehead atoms. The van der Waals surface area contributed by atoms with Crippen LogP contribution in [-0.4, -0.2) is 63.1 Å². The van der Waals surface area contributed by atoms with Crippen LogP contribution in [0.2, 0.25) is 0 Å². The summed E-state index contributed by atoms with van der Waals surface area (Å²) in [6, 6.07) is 2.24. The normalized spacial score (nSPS) is 23.2. The van der Waals surface area contributed by atoms with E-state index in [4.69, 9.17) is 9.47 Å². The van der Waals surface area contributed by atoms with Gasteiger partial charge in [0, 0.05) is 30.0 Å². The van der Waals surface area contributed by atoms with Crippen LogP contribution in [0.25, 0.3) is 0 Å². The summed E-state index contributed by atoms with van der Waals surface area (Å²) in [6.45, 7) is 3.84. The van der Waals surface area contributed by atoms with Crippen molar-refractivity contribution in [1.82, 2.24) is 10.2 Å². The molecule has 162 valence electrons. The molecule has 3 rings (SSSR count). The van der Waals surface area contributed by atoms with Crippen molar-refractivity contribution in [3.63, 3.8) is 0 Å². The lowest BCUT2D eigenvalue weighted by molar-refractivity contribution is -0.137. The van der Waals surface area contributed by atoms with Gasteiger partial charge < -0.3 is 14.8 Å². The third-order valence-electron chi connectivity index (χ3n) is 5.63. The summed E-state index contributed by atoms with van der Waals surface area (Å²) in [7, 11) is 1.27. The van der Waals surface area contributed by atoms with Crippen molar-refractivity contribution < 1.29 is 27.4 Å². The number of methoxy groups -OCH3 is 1. The molecular formula is C20H27F3N2O3S. The minimum Gasteiger partial charge on any atom is -0.496 e. The van der Waals surface area contributed by atoms with Crippen molar-refractivity contribution in [3.05, 3.63) is 23.3 Å². The molecule has 2 aliphatic heterocycles. The minimum absolute atomic E-state index is 0.0716. The highest BCUT2D eigenvalue weighted by Crippen LogP contribution is 2.38. The predicted molar refractivity (Wildman–Crippen MR) is 106 cm³/mol. The van der Waals surface area contributed by atoms with Crippen molar-refractivity contribution in [3.8, 4) is 5.75 Å². The minimum atomic E-state index is -4.50. The van der Waals surface area contributed by atoms with Crippen LogP contribution in [0.5, 0.6) is 5.75 Å². The van der Waals surface area contributed by atoms with Gasteiger partial charge in [-0.15, -0.1) is 11.8 Å². The Kier molecular flexibility index (Phi) is 7.34. The van der Waals surface area contributed by atoms with E-state index in [1.54, 1.807) is 6.26 Å². The lowest BCUT2D eigenvalue weighted by atomic mass is 9.94. The molecule has 0 saturated carbocycles. The summed E-state index contributed by atoms with van der Waals surface area (Å²) in [5, 5.41) is 2.91. The first kappa shape index (κ1) is 22.2. The fourth-order valence-electron chi connectivity index (χ4n) is 4.15. The number of carbonyl (C=O) groups excluding carboxylic acids is 1. The fraction of sp³-hybridized carbons (Fsp3) is 0.650. The third-order valence-corrected chi connectivity index (χ3v) is 6.39. The van der Waals surface area contributed by atoms with E-state index >= 15 is 0 Å². The highest BCUT2D eigenvalue weighted by molar-refractivity contribution is 7.98. The molecule has 5 nitrogen and oxygen atoms in total. The Balaban J connectivity index is 1.75. The van der Waals surface area contributed by atoms with Crippen LogP contribution in [0.3, 0.4) is 0 Å². The summed E-state index contributed by atoms with van der Waals surface area (Å²) in [5.41, 5.74) is -0.688. The van der Waals surface area contributed by atoms with Crippen LogP contribution >= 0.6 is 11.8 Å². The zero-order valence-electron chi connectivity index (χ0n) is 16.7. The van der Waals surface area contributed by atoms with Gasteiger partial charge in [0.2, 0.25) is 0 Å². The van der Waals surface area contributed by atoms with E-state index in [0.29, 0.717) is 19.2 Å².